The number of nitrogens with one attached hydrogen (secondary N) is 3. The lowest BCUT2D eigenvalue weighted by Crippen LogP contribution is -2.67. The number of carbonyl (C=O) groups is 2. The van der Waals surface area contributed by atoms with Crippen LogP contribution in [0.15, 0.2) is 35.6 Å². The van der Waals surface area contributed by atoms with Crippen molar-refractivity contribution >= 4 is 18.0 Å². The molecule has 0 saturated heterocycles. The summed E-state index contributed by atoms with van der Waals surface area (Å²) in [5.41, 5.74) is -1.94. The number of nitrogens with zero attached hydrogens (tertiary/aromatic N) is 1. The van der Waals surface area contributed by atoms with Gasteiger partial charge in [0.2, 0.25) is 11.6 Å². The van der Waals surface area contributed by atoms with E-state index < -0.39 is 23.3 Å². The molecule has 0 bridgehead atoms. The zero-order chi connectivity index (χ0) is 19.4. The van der Waals surface area contributed by atoms with Gasteiger partial charge in [-0.3, -0.25) is 14.6 Å². The van der Waals surface area contributed by atoms with Crippen LogP contribution in [0.3, 0.4) is 0 Å². The Morgan fingerprint density at radius 3 is 2.62 bits per heavy atom. The quantitative estimate of drug-likeness (QED) is 0.743. The molecule has 3 N–H and O–H groups in total. The first-order valence-electron chi connectivity index (χ1n) is 7.91. The number of halogens is 3. The minimum absolute atomic E-state index is 0.102. The first-order valence-corrected chi connectivity index (χ1v) is 7.91. The van der Waals surface area contributed by atoms with Crippen LogP contribution in [-0.4, -0.2) is 23.7 Å². The lowest BCUT2D eigenvalue weighted by molar-refractivity contribution is -0.138. The van der Waals surface area contributed by atoms with E-state index in [1.165, 1.54) is 37.7 Å². The third kappa shape index (κ3) is 4.41. The Labute approximate surface area is 148 Å². The van der Waals surface area contributed by atoms with Gasteiger partial charge in [0.1, 0.15) is 0 Å². The van der Waals surface area contributed by atoms with E-state index >= 15 is 0 Å². The largest absolute Gasteiger partial charge is 0.416 e. The maximum atomic E-state index is 13.0. The summed E-state index contributed by atoms with van der Waals surface area (Å²) < 4.78 is 39.0. The molecule has 1 atom stereocenters. The highest BCUT2D eigenvalue weighted by atomic mass is 19.4. The van der Waals surface area contributed by atoms with Crippen LogP contribution in [0.1, 0.15) is 30.0 Å². The Morgan fingerprint density at radius 2 is 2.04 bits per heavy atom. The monoisotopic (exact) mass is 368 g/mol. The highest BCUT2D eigenvalue weighted by Gasteiger charge is 2.38. The van der Waals surface area contributed by atoms with Crippen molar-refractivity contribution in [3.05, 3.63) is 47.3 Å². The topological polar surface area (TPSA) is 82.6 Å². The molecule has 6 nitrogen and oxygen atoms in total. The van der Waals surface area contributed by atoms with Crippen LogP contribution >= 0.6 is 0 Å². The van der Waals surface area contributed by atoms with Gasteiger partial charge in [0.15, 0.2) is 0 Å². The lowest BCUT2D eigenvalue weighted by atomic mass is 10.0. The molecule has 1 aromatic rings. The molecule has 0 radical (unpaired) electrons. The Balaban J connectivity index is 2.15. The van der Waals surface area contributed by atoms with Crippen molar-refractivity contribution in [1.29, 1.82) is 0 Å². The first-order chi connectivity index (χ1) is 12.2. The highest BCUT2D eigenvalue weighted by molar-refractivity contribution is 6.06. The predicted octanol–water partition coefficient (Wildman–Crippen LogP) is 2.00. The van der Waals surface area contributed by atoms with Crippen molar-refractivity contribution in [2.45, 2.75) is 38.7 Å². The number of rotatable bonds is 5. The molecule has 1 aliphatic rings. The number of hydrogen-bond acceptors (Lipinski definition) is 4. The van der Waals surface area contributed by atoms with Crippen LogP contribution in [0.4, 0.5) is 13.2 Å². The van der Waals surface area contributed by atoms with E-state index in [2.05, 4.69) is 20.9 Å². The molecule has 0 aliphatic carbocycles. The van der Waals surface area contributed by atoms with Crippen LogP contribution in [0.5, 0.6) is 0 Å². The molecule has 2 amide bonds. The van der Waals surface area contributed by atoms with Crippen molar-refractivity contribution in [2.24, 2.45) is 4.99 Å². The summed E-state index contributed by atoms with van der Waals surface area (Å²) in [5.74, 6) is -1.02. The Bertz CT molecular complexity index is 759. The molecule has 1 unspecified atom stereocenters. The molecule has 140 valence electrons. The molecule has 1 aromatic carbocycles. The third-order valence-corrected chi connectivity index (χ3v) is 3.82. The number of amides is 2. The van der Waals surface area contributed by atoms with Gasteiger partial charge in [-0.1, -0.05) is 19.1 Å². The van der Waals surface area contributed by atoms with Crippen molar-refractivity contribution in [1.82, 2.24) is 16.0 Å². The van der Waals surface area contributed by atoms with Gasteiger partial charge in [-0.15, -0.1) is 0 Å². The van der Waals surface area contributed by atoms with E-state index in [0.717, 1.165) is 6.07 Å². The standard InChI is InChI=1S/C17H19F3N4O2/c1-3-14(25)24-16(10-21-6-7-23-16)15(26)22-9-12-5-4-11(2)13(8-12)17(18,19)20/h4-8,10,23H,3,9H2,1-2H3,(H,22,26)(H,24,25). The van der Waals surface area contributed by atoms with Crippen LogP contribution < -0.4 is 16.0 Å². The molecular weight excluding hydrogens is 349 g/mol. The van der Waals surface area contributed by atoms with Crippen molar-refractivity contribution in [2.75, 3.05) is 0 Å². The third-order valence-electron chi connectivity index (χ3n) is 3.82. The summed E-state index contributed by atoms with van der Waals surface area (Å²) in [6.07, 6.45) is -0.293. The molecule has 0 saturated carbocycles. The maximum Gasteiger partial charge on any atom is 0.416 e. The minimum Gasteiger partial charge on any atom is -0.355 e. The minimum atomic E-state index is -4.47. The smallest absolute Gasteiger partial charge is 0.355 e. The van der Waals surface area contributed by atoms with E-state index in [4.69, 9.17) is 0 Å². The average Bonchev–Trinajstić information content (AvgIpc) is 2.60. The molecule has 26 heavy (non-hydrogen) atoms. The number of hydrogen-bond donors (Lipinski definition) is 3. The summed E-state index contributed by atoms with van der Waals surface area (Å²) in [6, 6.07) is 3.85. The molecule has 2 rings (SSSR count). The normalized spacial score (nSPS) is 19.0. The molecular formula is C17H19F3N4O2. The van der Waals surface area contributed by atoms with Gasteiger partial charge in [-0.25, -0.2) is 0 Å². The number of benzene rings is 1. The second kappa shape index (κ2) is 7.59. The van der Waals surface area contributed by atoms with Gasteiger partial charge in [0.25, 0.3) is 5.91 Å². The summed E-state index contributed by atoms with van der Waals surface area (Å²) >= 11 is 0. The van der Waals surface area contributed by atoms with Crippen molar-refractivity contribution in [3.63, 3.8) is 0 Å². The van der Waals surface area contributed by atoms with Gasteiger partial charge in [0, 0.05) is 25.4 Å². The fraction of sp³-hybridized carbons (Fsp3) is 0.353. The Kier molecular flexibility index (Phi) is 5.69. The molecule has 0 aromatic heterocycles. The van der Waals surface area contributed by atoms with E-state index in [9.17, 15) is 22.8 Å². The van der Waals surface area contributed by atoms with Gasteiger partial charge >= 0.3 is 6.18 Å². The van der Waals surface area contributed by atoms with Gasteiger partial charge in [-0.2, -0.15) is 13.2 Å². The van der Waals surface area contributed by atoms with Gasteiger partial charge < -0.3 is 16.0 Å². The second-order valence-corrected chi connectivity index (χ2v) is 5.78. The second-order valence-electron chi connectivity index (χ2n) is 5.78. The van der Waals surface area contributed by atoms with Crippen LogP contribution in [0, 0.1) is 6.92 Å². The Morgan fingerprint density at radius 1 is 1.31 bits per heavy atom. The van der Waals surface area contributed by atoms with E-state index in [1.807, 2.05) is 0 Å². The van der Waals surface area contributed by atoms with E-state index in [1.54, 1.807) is 6.92 Å². The van der Waals surface area contributed by atoms with Crippen molar-refractivity contribution in [3.8, 4) is 0 Å². The van der Waals surface area contributed by atoms with Gasteiger partial charge in [0.05, 0.1) is 11.8 Å². The Hall–Kier alpha value is -2.84. The van der Waals surface area contributed by atoms with E-state index in [-0.39, 0.29) is 30.0 Å². The SMILES string of the molecule is CCC(=O)NC1(C(=O)NCc2ccc(C)c(C(F)(F)F)c2)C=NC=CN1. The van der Waals surface area contributed by atoms with Crippen molar-refractivity contribution < 1.29 is 22.8 Å². The molecule has 1 heterocycles. The number of carbonyl (C=O) groups excluding carboxylic acids is 2. The fourth-order valence-electron chi connectivity index (χ4n) is 2.37. The van der Waals surface area contributed by atoms with Crippen LogP contribution in [0.2, 0.25) is 0 Å². The molecule has 1 aliphatic heterocycles. The summed E-state index contributed by atoms with van der Waals surface area (Å²) in [7, 11) is 0. The highest BCUT2D eigenvalue weighted by Crippen LogP contribution is 2.32. The number of alkyl halides is 3. The van der Waals surface area contributed by atoms with Gasteiger partial charge in [-0.05, 0) is 24.1 Å². The maximum absolute atomic E-state index is 13.0. The number of aryl methyl sites for hydroxylation is 1. The summed E-state index contributed by atoms with van der Waals surface area (Å²) in [6.45, 7) is 2.86. The zero-order valence-corrected chi connectivity index (χ0v) is 14.3. The van der Waals surface area contributed by atoms with Crippen LogP contribution in [-0.2, 0) is 22.3 Å². The molecule has 9 heteroatoms. The molecule has 0 spiro atoms. The van der Waals surface area contributed by atoms with E-state index in [0.29, 0.717) is 0 Å². The number of aliphatic imine (C=N–C) groups is 1. The first kappa shape index (κ1) is 19.5. The predicted molar refractivity (Wildman–Crippen MR) is 90.0 cm³/mol. The fourth-order valence-corrected chi connectivity index (χ4v) is 2.37. The van der Waals surface area contributed by atoms with Crippen LogP contribution in [0.25, 0.3) is 0 Å². The lowest BCUT2D eigenvalue weighted by Gasteiger charge is -2.31. The molecule has 0 fully saturated rings. The average molecular weight is 368 g/mol. The summed E-state index contributed by atoms with van der Waals surface area (Å²) in [5, 5.41) is 7.77. The zero-order valence-electron chi connectivity index (χ0n) is 14.3. The summed E-state index contributed by atoms with van der Waals surface area (Å²) in [4.78, 5) is 28.1.